The SMILES string of the molecule is NC(=O)CC[C@H](NC(=O)[C@@H](N)Cc1ccccc1)C(=O)N[C@@H](Cc1ccc(O)cc1)C(=O)NCC(=O)N[C@@H](CC(N)=O)C(=O)N[C@@H](CCCN=C(N)N)C(=O)O. The van der Waals surface area contributed by atoms with Crippen molar-refractivity contribution in [3.8, 4) is 5.75 Å². The molecule has 0 saturated carbocycles. The number of phenolic OH excluding ortho intramolecular Hbond substituents is 1. The van der Waals surface area contributed by atoms with E-state index in [1.54, 1.807) is 30.3 Å². The number of primary amides is 2. The van der Waals surface area contributed by atoms with Crippen LogP contribution in [0.25, 0.3) is 0 Å². The molecule has 0 saturated heterocycles. The minimum Gasteiger partial charge on any atom is -0.508 e. The molecule has 2 rings (SSSR count). The third-order valence-electron chi connectivity index (χ3n) is 8.00. The van der Waals surface area contributed by atoms with E-state index in [2.05, 4.69) is 31.6 Å². The second kappa shape index (κ2) is 23.1. The lowest BCUT2D eigenvalue weighted by Crippen LogP contribution is -2.57. The van der Waals surface area contributed by atoms with Crippen LogP contribution in [0.2, 0.25) is 0 Å². The number of nitrogens with zero attached hydrogens (tertiary/aromatic N) is 1. The van der Waals surface area contributed by atoms with Crippen LogP contribution in [-0.4, -0.2) is 107 Å². The number of nitrogens with one attached hydrogen (secondary N) is 5. The zero-order valence-corrected chi connectivity index (χ0v) is 30.4. The highest BCUT2D eigenvalue weighted by Crippen LogP contribution is 2.12. The Balaban J connectivity index is 2.19. The lowest BCUT2D eigenvalue weighted by Gasteiger charge is -2.24. The topological polar surface area (TPSA) is 380 Å². The number of nitrogens with two attached hydrogens (primary N) is 5. The Morgan fingerprint density at radius 2 is 1.23 bits per heavy atom. The van der Waals surface area contributed by atoms with Crippen LogP contribution in [0.4, 0.5) is 0 Å². The summed E-state index contributed by atoms with van der Waals surface area (Å²) >= 11 is 0. The molecule has 304 valence electrons. The Morgan fingerprint density at radius 1 is 0.643 bits per heavy atom. The fourth-order valence-corrected chi connectivity index (χ4v) is 5.12. The van der Waals surface area contributed by atoms with E-state index in [-0.39, 0.29) is 56.8 Å². The van der Waals surface area contributed by atoms with Gasteiger partial charge in [-0.3, -0.25) is 38.6 Å². The third-order valence-corrected chi connectivity index (χ3v) is 8.00. The van der Waals surface area contributed by atoms with Gasteiger partial charge in [0.05, 0.1) is 19.0 Å². The maximum atomic E-state index is 13.6. The van der Waals surface area contributed by atoms with Crippen molar-refractivity contribution in [2.45, 2.75) is 75.2 Å². The van der Waals surface area contributed by atoms with Gasteiger partial charge in [-0.1, -0.05) is 42.5 Å². The molecule has 56 heavy (non-hydrogen) atoms. The average molecular weight is 784 g/mol. The first-order chi connectivity index (χ1) is 26.4. The summed E-state index contributed by atoms with van der Waals surface area (Å²) in [6.45, 7) is -0.719. The molecule has 0 heterocycles. The largest absolute Gasteiger partial charge is 0.508 e. The molecule has 21 nitrogen and oxygen atoms in total. The molecular formula is C35H49N11O10. The number of carboxylic acids is 1. The van der Waals surface area contributed by atoms with Gasteiger partial charge >= 0.3 is 5.97 Å². The standard InChI is InChI=1S/C35H49N11O10/c36-22(15-19-5-2-1-3-6-19)30(51)44-23(12-13-27(37)48)32(53)46-25(16-20-8-10-21(47)11-9-20)31(52)42-18-29(50)43-26(17-28(38)49)33(54)45-24(34(55)56)7-4-14-41-35(39)40/h1-3,5-6,8-11,22-26,47H,4,7,12-18,36H2,(H2,37,48)(H2,38,49)(H,42,52)(H,43,50)(H,44,51)(H,45,54)(H,46,53)(H,55,56)(H4,39,40,41)/t22-,23-,24-,25-,26-/m0/s1. The van der Waals surface area contributed by atoms with Gasteiger partial charge in [-0.2, -0.15) is 0 Å². The van der Waals surface area contributed by atoms with E-state index < -0.39 is 90.5 Å². The van der Waals surface area contributed by atoms with Crippen molar-refractivity contribution in [1.29, 1.82) is 0 Å². The van der Waals surface area contributed by atoms with Crippen molar-refractivity contribution in [3.05, 3.63) is 65.7 Å². The number of amides is 7. The number of hydrogen-bond acceptors (Lipinski definition) is 11. The molecule has 0 aliphatic heterocycles. The Bertz CT molecular complexity index is 1720. The maximum Gasteiger partial charge on any atom is 0.326 e. The summed E-state index contributed by atoms with van der Waals surface area (Å²) in [6.07, 6.45) is -1.28. The van der Waals surface area contributed by atoms with Gasteiger partial charge in [0.15, 0.2) is 5.96 Å². The van der Waals surface area contributed by atoms with Crippen molar-refractivity contribution >= 4 is 53.3 Å². The molecule has 0 bridgehead atoms. The molecule has 0 aliphatic carbocycles. The molecule has 0 unspecified atom stereocenters. The second-order valence-corrected chi connectivity index (χ2v) is 12.7. The van der Waals surface area contributed by atoms with Gasteiger partial charge in [-0.15, -0.1) is 0 Å². The minimum absolute atomic E-state index is 0.0723. The normalized spacial score (nSPS) is 13.3. The number of phenols is 1. The number of aromatic hydroxyl groups is 1. The monoisotopic (exact) mass is 783 g/mol. The molecule has 0 fully saturated rings. The Labute approximate surface area is 321 Å². The second-order valence-electron chi connectivity index (χ2n) is 12.7. The van der Waals surface area contributed by atoms with E-state index >= 15 is 0 Å². The molecule has 7 amide bonds. The summed E-state index contributed by atoms with van der Waals surface area (Å²) in [5, 5.41) is 31.1. The first-order valence-corrected chi connectivity index (χ1v) is 17.4. The van der Waals surface area contributed by atoms with Crippen LogP contribution in [0.1, 0.15) is 43.2 Å². The van der Waals surface area contributed by atoms with Gasteiger partial charge in [0, 0.05) is 19.4 Å². The molecule has 2 aromatic rings. The first-order valence-electron chi connectivity index (χ1n) is 17.4. The molecule has 21 heteroatoms. The highest BCUT2D eigenvalue weighted by Gasteiger charge is 2.31. The number of carboxylic acid groups (broad SMARTS) is 1. The van der Waals surface area contributed by atoms with E-state index in [9.17, 15) is 48.6 Å². The van der Waals surface area contributed by atoms with Crippen molar-refractivity contribution < 1.29 is 48.6 Å². The van der Waals surface area contributed by atoms with Crippen molar-refractivity contribution in [3.63, 3.8) is 0 Å². The number of aliphatic imine (C=N–C) groups is 1. The van der Waals surface area contributed by atoms with E-state index in [4.69, 9.17) is 28.7 Å². The lowest BCUT2D eigenvalue weighted by molar-refractivity contribution is -0.142. The van der Waals surface area contributed by atoms with E-state index in [0.29, 0.717) is 5.56 Å². The van der Waals surface area contributed by atoms with Crippen LogP contribution in [0.5, 0.6) is 5.75 Å². The molecule has 0 radical (unpaired) electrons. The predicted octanol–water partition coefficient (Wildman–Crippen LogP) is -4.16. The van der Waals surface area contributed by atoms with Crippen molar-refractivity contribution in [2.75, 3.05) is 13.1 Å². The Morgan fingerprint density at radius 3 is 1.82 bits per heavy atom. The van der Waals surface area contributed by atoms with E-state index in [0.717, 1.165) is 5.56 Å². The summed E-state index contributed by atoms with van der Waals surface area (Å²) in [5.74, 6) is -8.03. The van der Waals surface area contributed by atoms with Gasteiger partial charge in [0.25, 0.3) is 0 Å². The van der Waals surface area contributed by atoms with Gasteiger partial charge in [0.2, 0.25) is 41.4 Å². The number of guanidine groups is 1. The molecule has 0 aromatic heterocycles. The highest BCUT2D eigenvalue weighted by molar-refractivity contribution is 5.96. The Hall–Kier alpha value is -6.77. The minimum atomic E-state index is -1.63. The smallest absolute Gasteiger partial charge is 0.326 e. The molecule has 17 N–H and O–H groups in total. The zero-order valence-electron chi connectivity index (χ0n) is 30.4. The molecular weight excluding hydrogens is 734 g/mol. The summed E-state index contributed by atoms with van der Waals surface area (Å²) in [4.78, 5) is 105. The number of rotatable bonds is 24. The van der Waals surface area contributed by atoms with Crippen LogP contribution in [0, 0.1) is 0 Å². The summed E-state index contributed by atoms with van der Waals surface area (Å²) in [6, 6.07) is 7.54. The van der Waals surface area contributed by atoms with Crippen LogP contribution in [-0.2, 0) is 51.2 Å². The van der Waals surface area contributed by atoms with Gasteiger partial charge in [-0.05, 0) is 48.9 Å². The number of hydrogen-bond donors (Lipinski definition) is 12. The third kappa shape index (κ3) is 17.4. The quantitative estimate of drug-likeness (QED) is 0.0274. The Kier molecular flexibility index (Phi) is 18.7. The van der Waals surface area contributed by atoms with E-state index in [1.807, 2.05) is 0 Å². The van der Waals surface area contributed by atoms with Crippen LogP contribution in [0.3, 0.4) is 0 Å². The van der Waals surface area contributed by atoms with E-state index in [1.165, 1.54) is 24.3 Å². The van der Waals surface area contributed by atoms with Gasteiger partial charge in [-0.25, -0.2) is 4.79 Å². The fraction of sp³-hybridized carbons (Fsp3) is 0.400. The lowest BCUT2D eigenvalue weighted by atomic mass is 10.0. The fourth-order valence-electron chi connectivity index (χ4n) is 5.12. The number of benzene rings is 2. The average Bonchev–Trinajstić information content (AvgIpc) is 3.13. The van der Waals surface area contributed by atoms with Crippen LogP contribution >= 0.6 is 0 Å². The predicted molar refractivity (Wildman–Crippen MR) is 200 cm³/mol. The van der Waals surface area contributed by atoms with Gasteiger partial charge in [0.1, 0.15) is 29.9 Å². The zero-order chi connectivity index (χ0) is 41.8. The number of carbonyl (C=O) groups excluding carboxylic acids is 7. The summed E-state index contributed by atoms with van der Waals surface area (Å²) in [5.41, 5.74) is 28.4. The number of aliphatic carboxylic acids is 1. The van der Waals surface area contributed by atoms with Crippen LogP contribution in [0.15, 0.2) is 59.6 Å². The number of carbonyl (C=O) groups is 8. The first kappa shape index (κ1) is 45.4. The van der Waals surface area contributed by atoms with Crippen molar-refractivity contribution in [1.82, 2.24) is 26.6 Å². The summed E-state index contributed by atoms with van der Waals surface area (Å²) < 4.78 is 0. The van der Waals surface area contributed by atoms with Gasteiger partial charge < -0.3 is 65.5 Å². The maximum absolute atomic E-state index is 13.6. The summed E-state index contributed by atoms with van der Waals surface area (Å²) in [7, 11) is 0. The molecule has 0 aliphatic rings. The highest BCUT2D eigenvalue weighted by atomic mass is 16.4. The van der Waals surface area contributed by atoms with Crippen molar-refractivity contribution in [2.24, 2.45) is 33.7 Å². The molecule has 2 aromatic carbocycles. The molecule has 5 atom stereocenters. The van der Waals surface area contributed by atoms with Crippen LogP contribution < -0.4 is 55.3 Å². The molecule has 0 spiro atoms.